The van der Waals surface area contributed by atoms with Gasteiger partial charge in [0.05, 0.1) is 22.8 Å². The molecular formula is C31H43ClN6O3S. The lowest BCUT2D eigenvalue weighted by Crippen LogP contribution is -2.17. The molecule has 0 radical (unpaired) electrons. The summed E-state index contributed by atoms with van der Waals surface area (Å²) in [6.45, 7) is 12.2. The first kappa shape index (κ1) is 30.6. The van der Waals surface area contributed by atoms with Crippen LogP contribution in [0, 0.1) is 18.8 Å². The number of aromatic nitrogens is 4. The fourth-order valence-electron chi connectivity index (χ4n) is 6.52. The molecule has 11 heteroatoms. The van der Waals surface area contributed by atoms with Crippen molar-refractivity contribution in [2.75, 3.05) is 10.6 Å². The highest BCUT2D eigenvalue weighted by atomic mass is 35.5. The smallest absolute Gasteiger partial charge is 0.229 e. The van der Waals surface area contributed by atoms with Crippen LogP contribution in [-0.2, 0) is 23.3 Å². The Morgan fingerprint density at radius 2 is 1.83 bits per heavy atom. The number of fused-ring (bicyclic) bond motifs is 1. The van der Waals surface area contributed by atoms with Crippen molar-refractivity contribution in [1.82, 2.24) is 19.7 Å². The van der Waals surface area contributed by atoms with E-state index in [4.69, 9.17) is 16.3 Å². The second kappa shape index (κ2) is 12.0. The Morgan fingerprint density at radius 3 is 2.50 bits per heavy atom. The highest BCUT2D eigenvalue weighted by Gasteiger charge is 2.33. The lowest BCUT2D eigenvalue weighted by molar-refractivity contribution is 0.255. The van der Waals surface area contributed by atoms with Gasteiger partial charge in [-0.1, -0.05) is 25.4 Å². The van der Waals surface area contributed by atoms with Gasteiger partial charge in [0.25, 0.3) is 0 Å². The maximum absolute atomic E-state index is 12.9. The molecule has 0 amide bonds. The standard InChI is InChI=1S/C31H43ClN6O3S/c1-17(2)12-21-8-10-22(11-9-21)27-19(5)13-25(28-23(27)14-20(6)41-28)35-31-33-15-24(32)29(36-31)34-26-16-38(7)37-30(26)42(39,40)18(3)4/h13,15-18,20-22H,8-12,14H2,1-7H3,(H2,33,34,35,36)/t20-,21?,22?/m1/s1. The Hall–Kier alpha value is -2.85. The molecule has 1 aliphatic carbocycles. The number of anilines is 4. The zero-order valence-corrected chi connectivity index (χ0v) is 27.2. The van der Waals surface area contributed by atoms with E-state index < -0.39 is 15.1 Å². The summed E-state index contributed by atoms with van der Waals surface area (Å²) in [7, 11) is -1.96. The monoisotopic (exact) mass is 614 g/mol. The average Bonchev–Trinajstić information content (AvgIpc) is 3.48. The van der Waals surface area contributed by atoms with E-state index in [1.165, 1.54) is 59.7 Å². The summed E-state index contributed by atoms with van der Waals surface area (Å²) in [4.78, 5) is 9.02. The molecule has 0 saturated heterocycles. The quantitative estimate of drug-likeness (QED) is 0.255. The number of nitrogens with zero attached hydrogens (tertiary/aromatic N) is 4. The van der Waals surface area contributed by atoms with E-state index in [2.05, 4.69) is 59.5 Å². The van der Waals surface area contributed by atoms with Crippen molar-refractivity contribution >= 4 is 44.6 Å². The molecule has 2 aromatic heterocycles. The minimum Gasteiger partial charge on any atom is -0.488 e. The van der Waals surface area contributed by atoms with Gasteiger partial charge in [-0.15, -0.1) is 0 Å². The van der Waals surface area contributed by atoms with Gasteiger partial charge in [0, 0.05) is 25.2 Å². The average molecular weight is 615 g/mol. The number of benzene rings is 1. The molecule has 1 atom stereocenters. The van der Waals surface area contributed by atoms with Crippen molar-refractivity contribution in [2.24, 2.45) is 18.9 Å². The number of hydrogen-bond acceptors (Lipinski definition) is 8. The summed E-state index contributed by atoms with van der Waals surface area (Å²) < 4.78 is 33.6. The lowest BCUT2D eigenvalue weighted by Gasteiger charge is -2.32. The van der Waals surface area contributed by atoms with E-state index in [9.17, 15) is 8.42 Å². The molecule has 5 rings (SSSR count). The van der Waals surface area contributed by atoms with E-state index in [1.54, 1.807) is 27.1 Å². The summed E-state index contributed by atoms with van der Waals surface area (Å²) in [6.07, 6.45) is 10.4. The van der Waals surface area contributed by atoms with Crippen LogP contribution in [0.1, 0.15) is 89.3 Å². The van der Waals surface area contributed by atoms with Crippen LogP contribution in [0.25, 0.3) is 0 Å². The molecular weight excluding hydrogens is 572 g/mol. The largest absolute Gasteiger partial charge is 0.488 e. The van der Waals surface area contributed by atoms with Gasteiger partial charge < -0.3 is 15.4 Å². The van der Waals surface area contributed by atoms with Crippen LogP contribution in [0.15, 0.2) is 23.5 Å². The van der Waals surface area contributed by atoms with Crippen molar-refractivity contribution in [3.05, 3.63) is 40.2 Å². The number of halogens is 1. The molecule has 0 unspecified atom stereocenters. The second-order valence-corrected chi connectivity index (χ2v) is 15.5. The molecule has 3 aromatic rings. The van der Waals surface area contributed by atoms with Crippen molar-refractivity contribution in [3.8, 4) is 5.75 Å². The molecule has 0 spiro atoms. The van der Waals surface area contributed by atoms with Crippen molar-refractivity contribution in [1.29, 1.82) is 0 Å². The number of hydrogen-bond donors (Lipinski definition) is 2. The summed E-state index contributed by atoms with van der Waals surface area (Å²) in [5.41, 5.74) is 5.13. The van der Waals surface area contributed by atoms with Crippen LogP contribution in [0.3, 0.4) is 0 Å². The summed E-state index contributed by atoms with van der Waals surface area (Å²) in [6, 6.07) is 2.14. The van der Waals surface area contributed by atoms with Gasteiger partial charge >= 0.3 is 0 Å². The Balaban J connectivity index is 1.42. The molecule has 0 bridgehead atoms. The number of ether oxygens (including phenoxy) is 1. The molecule has 1 aliphatic heterocycles. The molecule has 228 valence electrons. The minimum absolute atomic E-state index is 0.0474. The molecule has 1 aromatic carbocycles. The molecule has 42 heavy (non-hydrogen) atoms. The number of aryl methyl sites for hydroxylation is 2. The van der Waals surface area contributed by atoms with Crippen molar-refractivity contribution in [3.63, 3.8) is 0 Å². The lowest BCUT2D eigenvalue weighted by atomic mass is 9.73. The van der Waals surface area contributed by atoms with E-state index in [0.29, 0.717) is 17.6 Å². The fraction of sp³-hybridized carbons (Fsp3) is 0.581. The summed E-state index contributed by atoms with van der Waals surface area (Å²) in [5.74, 6) is 3.62. The zero-order chi connectivity index (χ0) is 30.3. The van der Waals surface area contributed by atoms with Gasteiger partial charge in [-0.05, 0) is 94.7 Å². The molecule has 9 nitrogen and oxygen atoms in total. The predicted molar refractivity (Wildman–Crippen MR) is 168 cm³/mol. The van der Waals surface area contributed by atoms with Crippen LogP contribution in [-0.4, -0.2) is 39.5 Å². The molecule has 2 N–H and O–H groups in total. The highest BCUT2D eigenvalue weighted by molar-refractivity contribution is 7.92. The zero-order valence-electron chi connectivity index (χ0n) is 25.7. The first-order chi connectivity index (χ1) is 19.8. The molecule has 3 heterocycles. The summed E-state index contributed by atoms with van der Waals surface area (Å²) in [5, 5.41) is 10.2. The van der Waals surface area contributed by atoms with E-state index in [-0.39, 0.29) is 22.0 Å². The van der Waals surface area contributed by atoms with Gasteiger partial charge in [0.1, 0.15) is 16.9 Å². The van der Waals surface area contributed by atoms with Gasteiger partial charge in [0.2, 0.25) is 20.8 Å². The predicted octanol–water partition coefficient (Wildman–Crippen LogP) is 7.48. The van der Waals surface area contributed by atoms with E-state index in [1.807, 2.05) is 0 Å². The Kier molecular flexibility index (Phi) is 8.77. The first-order valence-corrected chi connectivity index (χ1v) is 16.9. The Morgan fingerprint density at radius 1 is 1.12 bits per heavy atom. The van der Waals surface area contributed by atoms with Crippen molar-refractivity contribution < 1.29 is 13.2 Å². The molecule has 1 saturated carbocycles. The highest BCUT2D eigenvalue weighted by Crippen LogP contribution is 2.48. The summed E-state index contributed by atoms with van der Waals surface area (Å²) >= 11 is 6.45. The minimum atomic E-state index is -3.63. The van der Waals surface area contributed by atoms with Gasteiger partial charge in [0.15, 0.2) is 5.82 Å². The second-order valence-electron chi connectivity index (χ2n) is 12.7. The van der Waals surface area contributed by atoms with Crippen LogP contribution in [0.5, 0.6) is 5.75 Å². The van der Waals surface area contributed by atoms with Gasteiger partial charge in [-0.2, -0.15) is 10.1 Å². The fourth-order valence-corrected chi connectivity index (χ4v) is 7.75. The molecule has 1 fully saturated rings. The first-order valence-electron chi connectivity index (χ1n) is 15.0. The normalized spacial score (nSPS) is 20.6. The third-order valence-corrected chi connectivity index (χ3v) is 10.8. The van der Waals surface area contributed by atoms with Crippen LogP contribution in [0.2, 0.25) is 5.02 Å². The Labute approximate surface area is 254 Å². The van der Waals surface area contributed by atoms with Crippen molar-refractivity contribution in [2.45, 2.75) is 102 Å². The maximum Gasteiger partial charge on any atom is 0.229 e. The number of rotatable bonds is 9. The number of sulfone groups is 1. The van der Waals surface area contributed by atoms with Crippen LogP contribution in [0.4, 0.5) is 23.1 Å². The Bertz CT molecular complexity index is 1560. The van der Waals surface area contributed by atoms with Crippen LogP contribution >= 0.6 is 11.6 Å². The topological polar surface area (TPSA) is 111 Å². The SMILES string of the molecule is Cc1cc(Nc2ncc(Cl)c(Nc3cn(C)nc3S(=O)(=O)C(C)C)n2)c2c(c1C1CCC(CC(C)C)CC1)C[C@@H](C)O2. The molecule has 2 aliphatic rings. The number of nitrogens with one attached hydrogen (secondary N) is 2. The third-order valence-electron chi connectivity index (χ3n) is 8.43. The maximum atomic E-state index is 12.9. The van der Waals surface area contributed by atoms with E-state index in [0.717, 1.165) is 29.7 Å². The third kappa shape index (κ3) is 6.25. The van der Waals surface area contributed by atoms with Crippen LogP contribution < -0.4 is 15.4 Å². The van der Waals surface area contributed by atoms with Gasteiger partial charge in [-0.3, -0.25) is 4.68 Å². The van der Waals surface area contributed by atoms with E-state index >= 15 is 0 Å². The van der Waals surface area contributed by atoms with Gasteiger partial charge in [-0.25, -0.2) is 13.4 Å².